The summed E-state index contributed by atoms with van der Waals surface area (Å²) in [6.45, 7) is 1.93. The van der Waals surface area contributed by atoms with Crippen LogP contribution in [0.15, 0.2) is 123 Å². The van der Waals surface area contributed by atoms with Crippen LogP contribution >= 0.6 is 0 Å². The number of rotatable bonds is 14. The fourth-order valence-electron chi connectivity index (χ4n) is 7.47. The Morgan fingerprint density at radius 1 is 0.539 bits per heavy atom. The molecule has 476 valence electrons. The van der Waals surface area contributed by atoms with Gasteiger partial charge in [-0.1, -0.05) is 30.3 Å². The fraction of sp³-hybridized carbons (Fsp3) is 0.226. The van der Waals surface area contributed by atoms with Crippen LogP contribution in [0.1, 0.15) is 8.29 Å². The summed E-state index contributed by atoms with van der Waals surface area (Å²) in [6, 6.07) is 24.1. The molecular formula is C53H62FN20O14Pd-. The molecule has 4 N–H and O–H groups in total. The van der Waals surface area contributed by atoms with Crippen LogP contribution in [0.25, 0.3) is 56.9 Å². The number of hydrogen-bond acceptors (Lipinski definition) is 25. The van der Waals surface area contributed by atoms with Gasteiger partial charge in [-0.05, 0) is 43.3 Å². The van der Waals surface area contributed by atoms with Crippen molar-refractivity contribution in [3.63, 3.8) is 0 Å². The number of ether oxygens (including phenoxy) is 5. The van der Waals surface area contributed by atoms with Gasteiger partial charge in [0, 0.05) is 79.5 Å². The SMILES string of the molecule is CCO.COc1c(-c2ncn(C)n2)cccc1[N+](=O)[O-].COc1c(-c2ncn(C)n2)cccc1[N+](=O)[O-].COc1c(-c2ncn[nH]2)cccc1[N+](=O)[O-].COc1c(-c2ncnn2C)cccc1[N+](=O)[O-].COc1c(N)cccc1-c1ncn(C)n1.[2H]CF.[CH3-].[Pd]. The third-order valence-electron chi connectivity index (χ3n) is 11.0. The summed E-state index contributed by atoms with van der Waals surface area (Å²) in [7, 11) is 13.1. The number of nitrogen functional groups attached to an aromatic ring is 1. The van der Waals surface area contributed by atoms with Crippen LogP contribution in [0, 0.1) is 47.9 Å². The number of benzene rings is 5. The fourth-order valence-corrected chi connectivity index (χ4v) is 7.47. The maximum atomic E-state index is 10.9. The molecule has 0 radical (unpaired) electrons. The molecule has 0 amide bonds. The van der Waals surface area contributed by atoms with E-state index in [2.05, 4.69) is 55.5 Å². The Labute approximate surface area is 521 Å². The summed E-state index contributed by atoms with van der Waals surface area (Å²) in [5.41, 5.74) is 8.84. The van der Waals surface area contributed by atoms with Crippen LogP contribution in [0.4, 0.5) is 32.8 Å². The van der Waals surface area contributed by atoms with Gasteiger partial charge in [-0.2, -0.15) is 25.5 Å². The van der Waals surface area contributed by atoms with E-state index in [-0.39, 0.29) is 80.2 Å². The van der Waals surface area contributed by atoms with Gasteiger partial charge in [0.05, 0.1) is 97.3 Å². The molecular weight excluding hydrogens is 1270 g/mol. The number of aryl methyl sites for hydroxylation is 4. The van der Waals surface area contributed by atoms with Crippen molar-refractivity contribution in [3.8, 4) is 85.7 Å². The molecule has 0 spiro atoms. The van der Waals surface area contributed by atoms with Gasteiger partial charge >= 0.3 is 22.7 Å². The minimum absolute atomic E-state index is 0. The van der Waals surface area contributed by atoms with Crippen molar-refractivity contribution in [2.24, 2.45) is 28.2 Å². The Balaban J connectivity index is 0.000000373. The van der Waals surface area contributed by atoms with E-state index in [1.54, 1.807) is 101 Å². The summed E-state index contributed by atoms with van der Waals surface area (Å²) in [5, 5.41) is 73.5. The first-order valence-corrected chi connectivity index (χ1v) is 24.6. The number of halogens is 1. The Morgan fingerprint density at radius 3 is 1.15 bits per heavy atom. The van der Waals surface area contributed by atoms with Crippen molar-refractivity contribution in [2.45, 2.75) is 6.92 Å². The number of aliphatic hydroxyl groups is 1. The molecule has 0 atom stereocenters. The summed E-state index contributed by atoms with van der Waals surface area (Å²) in [5.74, 6) is 3.67. The van der Waals surface area contributed by atoms with Gasteiger partial charge in [-0.15, -0.1) is 0 Å². The van der Waals surface area contributed by atoms with Gasteiger partial charge in [0.2, 0.25) is 23.0 Å². The number of para-hydroxylation sites is 5. The zero-order chi connectivity index (χ0) is 65.0. The molecule has 34 nitrogen and oxygen atoms in total. The molecule has 0 aliphatic rings. The molecule has 0 unspecified atom stereocenters. The smallest absolute Gasteiger partial charge is 0.311 e. The van der Waals surface area contributed by atoms with Gasteiger partial charge in [0.1, 0.15) is 31.6 Å². The van der Waals surface area contributed by atoms with E-state index in [1.807, 2.05) is 19.2 Å². The maximum Gasteiger partial charge on any atom is 0.311 e. The number of nitrogens with two attached hydrogens (primary N) is 1. The summed E-state index contributed by atoms with van der Waals surface area (Å²) < 4.78 is 47.2. The Hall–Kier alpha value is -11.2. The number of nitrogens with one attached hydrogen (secondary N) is 1. The third kappa shape index (κ3) is 19.4. The van der Waals surface area contributed by atoms with Crippen molar-refractivity contribution < 1.29 is 74.7 Å². The summed E-state index contributed by atoms with van der Waals surface area (Å²) >= 11 is 0. The van der Waals surface area contributed by atoms with Crippen molar-refractivity contribution in [2.75, 3.05) is 55.0 Å². The quantitative estimate of drug-likeness (QED) is 0.0308. The molecule has 0 aliphatic heterocycles. The third-order valence-corrected chi connectivity index (χ3v) is 11.0. The number of hydrogen-bond donors (Lipinski definition) is 3. The van der Waals surface area contributed by atoms with E-state index < -0.39 is 26.8 Å². The first kappa shape index (κ1) is 72.0. The number of aromatic nitrogens is 15. The number of nitrogens with zero attached hydrogens (tertiary/aromatic N) is 18. The van der Waals surface area contributed by atoms with Gasteiger partial charge < -0.3 is 42.0 Å². The number of H-pyrrole nitrogens is 1. The van der Waals surface area contributed by atoms with Crippen LogP contribution in [0.3, 0.4) is 0 Å². The predicted molar refractivity (Wildman–Crippen MR) is 318 cm³/mol. The van der Waals surface area contributed by atoms with Crippen LogP contribution in [0.5, 0.6) is 28.7 Å². The number of alkyl halides is 1. The number of nitro benzene ring substituents is 4. The molecule has 0 bridgehead atoms. The predicted octanol–water partition coefficient (Wildman–Crippen LogP) is 7.69. The van der Waals surface area contributed by atoms with E-state index in [4.69, 9.17) is 35.9 Å². The Morgan fingerprint density at radius 2 is 0.854 bits per heavy atom. The van der Waals surface area contributed by atoms with E-state index in [1.165, 1.54) is 92.1 Å². The van der Waals surface area contributed by atoms with Gasteiger partial charge in [0.25, 0.3) is 0 Å². The molecule has 5 aromatic heterocycles. The molecule has 0 fully saturated rings. The number of aromatic amines is 1. The van der Waals surface area contributed by atoms with E-state index in [0.29, 0.717) is 62.8 Å². The molecule has 0 saturated carbocycles. The van der Waals surface area contributed by atoms with Gasteiger partial charge in [-0.3, -0.25) is 64.0 Å². The first-order valence-electron chi connectivity index (χ1n) is 25.3. The monoisotopic (exact) mass is 1330 g/mol. The second-order valence-corrected chi connectivity index (χ2v) is 16.5. The maximum absolute atomic E-state index is 10.9. The van der Waals surface area contributed by atoms with Crippen molar-refractivity contribution in [3.05, 3.63) is 171 Å². The number of nitro groups is 4. The average molecular weight is 1330 g/mol. The van der Waals surface area contributed by atoms with Gasteiger partial charge in [0.15, 0.2) is 34.9 Å². The molecule has 0 aliphatic carbocycles. The molecule has 36 heteroatoms. The number of anilines is 1. The van der Waals surface area contributed by atoms with Crippen molar-refractivity contribution in [1.82, 2.24) is 74.2 Å². The largest absolute Gasteiger partial charge is 0.494 e. The zero-order valence-corrected chi connectivity index (χ0v) is 51.1. The van der Waals surface area contributed by atoms with E-state index in [0.717, 1.165) is 5.56 Å². The zero-order valence-electron chi connectivity index (χ0n) is 50.5. The summed E-state index contributed by atoms with van der Waals surface area (Å²) in [4.78, 5) is 61.6. The molecule has 0 saturated heterocycles. The topological polar surface area (TPSA) is 429 Å². The number of aliphatic hydroxyl groups excluding tert-OH is 1. The molecule has 10 aromatic rings. The summed E-state index contributed by atoms with van der Waals surface area (Å²) in [6.07, 6.45) is 7.39. The van der Waals surface area contributed by atoms with Crippen molar-refractivity contribution >= 4 is 28.4 Å². The van der Waals surface area contributed by atoms with Crippen molar-refractivity contribution in [1.29, 1.82) is 0 Å². The Bertz CT molecular complexity index is 3780. The minimum atomic E-state index is -1.00. The molecule has 10 rings (SSSR count). The van der Waals surface area contributed by atoms with Crippen LogP contribution in [-0.4, -0.2) is 148 Å². The van der Waals surface area contributed by atoms with Gasteiger partial charge in [-0.25, -0.2) is 29.6 Å². The number of methoxy groups -OCH3 is 5. The van der Waals surface area contributed by atoms with Crippen LogP contribution in [0.2, 0.25) is 0 Å². The first-order chi connectivity index (χ1) is 42.2. The Kier molecular flexibility index (Phi) is 29.6. The average Bonchev–Trinajstić information content (AvgIpc) is 2.08. The second kappa shape index (κ2) is 36.6. The van der Waals surface area contributed by atoms with Crippen LogP contribution < -0.4 is 29.4 Å². The standard InChI is InChI=1S/3C10H10N4O3.C10H12N4O.C9H8N4O3.C2H6O.CH3F.CH3.Pd/c2*1-13-6-11-10(12-13)7-4-3-5-8(14(15)16)9(7)17-2;1-13-10(11-6-12-13)7-4-3-5-8(14(15)16)9(7)17-2;1-14-6-12-10(13-14)7-4-3-5-8(11)9(7)15-2;1-16-8-6(9-10-5-11-12-9)3-2-4-7(8)13(14)15;1-2-3;1-2;;/h3*3-6H,1-2H3;3-6H,11H2,1-2H3;2-5H,1H3,(H,10,11,12);3H,2H2,1H3;1H3;1H3;/q;;;;;;;-1;/i;;;;;;1D;;. The molecule has 89 heavy (non-hydrogen) atoms. The minimum Gasteiger partial charge on any atom is -0.494 e. The molecule has 5 heterocycles. The second-order valence-electron chi connectivity index (χ2n) is 16.5. The van der Waals surface area contributed by atoms with Crippen LogP contribution in [-0.2, 0) is 48.6 Å². The normalized spacial score (nSPS) is 9.82. The van der Waals surface area contributed by atoms with E-state index in [9.17, 15) is 44.8 Å². The molecule has 5 aromatic carbocycles. The van der Waals surface area contributed by atoms with E-state index >= 15 is 0 Å².